The van der Waals surface area contributed by atoms with Crippen molar-refractivity contribution in [1.29, 1.82) is 0 Å². The Morgan fingerprint density at radius 2 is 2.16 bits per heavy atom. The second-order valence-corrected chi connectivity index (χ2v) is 5.79. The molecule has 1 aromatic rings. The highest BCUT2D eigenvalue weighted by Crippen LogP contribution is 2.15. The first-order chi connectivity index (χ1) is 9.10. The number of thiazole rings is 1. The Balaban J connectivity index is 1.85. The maximum Gasteiger partial charge on any atom is 0.243 e. The van der Waals surface area contributed by atoms with Crippen LogP contribution >= 0.6 is 11.3 Å². The van der Waals surface area contributed by atoms with E-state index in [4.69, 9.17) is 0 Å². The fourth-order valence-corrected chi connectivity index (χ4v) is 2.95. The molecule has 0 aromatic carbocycles. The molecule has 2 heterocycles. The summed E-state index contributed by atoms with van der Waals surface area (Å²) < 4.78 is 0. The number of nitrogens with zero attached hydrogens (tertiary/aromatic N) is 3. The van der Waals surface area contributed by atoms with Crippen LogP contribution in [0, 0.1) is 6.92 Å². The molecule has 1 N–H and O–H groups in total. The summed E-state index contributed by atoms with van der Waals surface area (Å²) in [4.78, 5) is 21.1. The molecule has 0 spiro atoms. The van der Waals surface area contributed by atoms with Crippen LogP contribution < -0.4 is 5.32 Å². The van der Waals surface area contributed by atoms with Crippen molar-refractivity contribution in [1.82, 2.24) is 14.8 Å². The smallest absolute Gasteiger partial charge is 0.243 e. The molecule has 1 atom stereocenters. The normalized spacial score (nSPS) is 19.3. The number of carbonyl (C=O) groups excluding carboxylic acids is 1. The summed E-state index contributed by atoms with van der Waals surface area (Å²) in [5, 5.41) is 5.54. The predicted octanol–water partition coefficient (Wildman–Crippen LogP) is 1.42. The summed E-state index contributed by atoms with van der Waals surface area (Å²) in [7, 11) is 0. The number of hydrogen-bond donors (Lipinski definition) is 1. The van der Waals surface area contributed by atoms with Crippen molar-refractivity contribution < 1.29 is 4.79 Å². The van der Waals surface area contributed by atoms with Crippen molar-refractivity contribution in [2.24, 2.45) is 0 Å². The van der Waals surface area contributed by atoms with E-state index < -0.39 is 0 Å². The predicted molar refractivity (Wildman–Crippen MR) is 78.6 cm³/mol. The van der Waals surface area contributed by atoms with Gasteiger partial charge in [-0.1, -0.05) is 6.92 Å². The lowest BCUT2D eigenvalue weighted by atomic mass is 10.2. The van der Waals surface area contributed by atoms with Gasteiger partial charge in [-0.2, -0.15) is 0 Å². The van der Waals surface area contributed by atoms with Gasteiger partial charge in [0.05, 0.1) is 11.7 Å². The number of piperazine rings is 1. The number of aryl methyl sites for hydroxylation is 1. The van der Waals surface area contributed by atoms with Crippen LogP contribution in [-0.2, 0) is 4.79 Å². The first-order valence-electron chi connectivity index (χ1n) is 6.79. The highest BCUT2D eigenvalue weighted by atomic mass is 32.1. The zero-order valence-corrected chi connectivity index (χ0v) is 12.7. The molecule has 6 heteroatoms. The van der Waals surface area contributed by atoms with E-state index in [2.05, 4.69) is 27.0 Å². The molecule has 0 aliphatic carbocycles. The average Bonchev–Trinajstić information content (AvgIpc) is 2.83. The third kappa shape index (κ3) is 3.75. The minimum atomic E-state index is -0.0942. The zero-order valence-electron chi connectivity index (χ0n) is 11.8. The van der Waals surface area contributed by atoms with E-state index in [1.54, 1.807) is 0 Å². The maximum absolute atomic E-state index is 12.2. The lowest BCUT2D eigenvalue weighted by Crippen LogP contribution is -2.52. The largest absolute Gasteiger partial charge is 0.301 e. The van der Waals surface area contributed by atoms with Gasteiger partial charge in [-0.15, -0.1) is 11.3 Å². The van der Waals surface area contributed by atoms with Gasteiger partial charge in [-0.25, -0.2) is 4.98 Å². The molecule has 1 aromatic heterocycles. The molecule has 1 saturated heterocycles. The van der Waals surface area contributed by atoms with E-state index in [-0.39, 0.29) is 11.9 Å². The second kappa shape index (κ2) is 6.45. The number of rotatable bonds is 4. The zero-order chi connectivity index (χ0) is 13.8. The number of amides is 1. The quantitative estimate of drug-likeness (QED) is 0.907. The third-order valence-electron chi connectivity index (χ3n) is 3.63. The minimum absolute atomic E-state index is 0.0410. The Labute approximate surface area is 118 Å². The van der Waals surface area contributed by atoms with Crippen LogP contribution in [0.15, 0.2) is 5.38 Å². The van der Waals surface area contributed by atoms with Crippen molar-refractivity contribution in [2.45, 2.75) is 26.8 Å². The van der Waals surface area contributed by atoms with Crippen LogP contribution in [0.4, 0.5) is 5.13 Å². The number of carbonyl (C=O) groups is 1. The third-order valence-corrected chi connectivity index (χ3v) is 4.51. The fourth-order valence-electron chi connectivity index (χ4n) is 2.25. The van der Waals surface area contributed by atoms with E-state index in [1.807, 2.05) is 19.2 Å². The molecule has 1 fully saturated rings. The van der Waals surface area contributed by atoms with Crippen molar-refractivity contribution >= 4 is 22.4 Å². The molecule has 106 valence electrons. The van der Waals surface area contributed by atoms with E-state index in [0.717, 1.165) is 38.4 Å². The molecule has 5 nitrogen and oxygen atoms in total. The first-order valence-corrected chi connectivity index (χ1v) is 7.67. The first kappa shape index (κ1) is 14.4. The van der Waals surface area contributed by atoms with Gasteiger partial charge in [0, 0.05) is 31.6 Å². The van der Waals surface area contributed by atoms with E-state index >= 15 is 0 Å². The topological polar surface area (TPSA) is 48.5 Å². The molecule has 1 aliphatic heterocycles. The van der Waals surface area contributed by atoms with Crippen molar-refractivity contribution in [3.8, 4) is 0 Å². The molecule has 2 rings (SSSR count). The monoisotopic (exact) mass is 282 g/mol. The van der Waals surface area contributed by atoms with Crippen molar-refractivity contribution in [3.63, 3.8) is 0 Å². The van der Waals surface area contributed by atoms with Gasteiger partial charge in [-0.05, 0) is 20.4 Å². The molecule has 19 heavy (non-hydrogen) atoms. The Bertz CT molecular complexity index is 426. The molecule has 1 unspecified atom stereocenters. The van der Waals surface area contributed by atoms with Crippen LogP contribution in [0.3, 0.4) is 0 Å². The summed E-state index contributed by atoms with van der Waals surface area (Å²) in [6.45, 7) is 11.2. The van der Waals surface area contributed by atoms with Gasteiger partial charge < -0.3 is 10.2 Å². The van der Waals surface area contributed by atoms with Gasteiger partial charge in [0.15, 0.2) is 5.13 Å². The van der Waals surface area contributed by atoms with Gasteiger partial charge in [0.25, 0.3) is 0 Å². The van der Waals surface area contributed by atoms with Crippen molar-refractivity contribution in [2.75, 3.05) is 38.0 Å². The van der Waals surface area contributed by atoms with Crippen LogP contribution in [0.2, 0.25) is 0 Å². The number of nitrogens with one attached hydrogen (secondary N) is 1. The van der Waals surface area contributed by atoms with Gasteiger partial charge in [0.1, 0.15) is 0 Å². The highest BCUT2D eigenvalue weighted by molar-refractivity contribution is 7.13. The van der Waals surface area contributed by atoms with E-state index in [1.165, 1.54) is 11.3 Å². The number of likely N-dealkylation sites (N-methyl/N-ethyl adjacent to an activating group) is 1. The Hall–Kier alpha value is -0.980. The molecule has 1 aliphatic rings. The van der Waals surface area contributed by atoms with E-state index in [9.17, 15) is 4.79 Å². The second-order valence-electron chi connectivity index (χ2n) is 4.93. The SMILES string of the molecule is CCN1CCN(C(C)C(=O)Nc2nc(C)cs2)CC1. The molecule has 0 radical (unpaired) electrons. The van der Waals surface area contributed by atoms with E-state index in [0.29, 0.717) is 5.13 Å². The van der Waals surface area contributed by atoms with Crippen LogP contribution in [-0.4, -0.2) is 59.5 Å². The van der Waals surface area contributed by atoms with Gasteiger partial charge >= 0.3 is 0 Å². The average molecular weight is 282 g/mol. The summed E-state index contributed by atoms with van der Waals surface area (Å²) in [5.41, 5.74) is 0.949. The van der Waals surface area contributed by atoms with Crippen LogP contribution in [0.1, 0.15) is 19.5 Å². The number of aromatic nitrogens is 1. The summed E-state index contributed by atoms with van der Waals surface area (Å²) in [6.07, 6.45) is 0. The molecule has 0 bridgehead atoms. The molecule has 1 amide bonds. The van der Waals surface area contributed by atoms with Gasteiger partial charge in [0.2, 0.25) is 5.91 Å². The standard InChI is InChI=1S/C13H22N4OS/c1-4-16-5-7-17(8-6-16)11(3)12(18)15-13-14-10(2)9-19-13/h9,11H,4-8H2,1-3H3,(H,14,15,18). The van der Waals surface area contributed by atoms with Crippen LogP contribution in [0.5, 0.6) is 0 Å². The van der Waals surface area contributed by atoms with Gasteiger partial charge in [-0.3, -0.25) is 9.69 Å². The number of anilines is 1. The lowest BCUT2D eigenvalue weighted by Gasteiger charge is -2.36. The van der Waals surface area contributed by atoms with Crippen molar-refractivity contribution in [3.05, 3.63) is 11.1 Å². The molecule has 0 saturated carbocycles. The molecular formula is C13H22N4OS. The highest BCUT2D eigenvalue weighted by Gasteiger charge is 2.25. The Morgan fingerprint density at radius 1 is 1.47 bits per heavy atom. The fraction of sp³-hybridized carbons (Fsp3) is 0.692. The molecular weight excluding hydrogens is 260 g/mol. The summed E-state index contributed by atoms with van der Waals surface area (Å²) in [6, 6.07) is -0.0942. The van der Waals surface area contributed by atoms with Crippen LogP contribution in [0.25, 0.3) is 0 Å². The minimum Gasteiger partial charge on any atom is -0.301 e. The Morgan fingerprint density at radius 3 is 2.68 bits per heavy atom. The lowest BCUT2D eigenvalue weighted by molar-refractivity contribution is -0.121. The maximum atomic E-state index is 12.2. The Kier molecular flexibility index (Phi) is 4.90. The summed E-state index contributed by atoms with van der Waals surface area (Å²) >= 11 is 1.48. The summed E-state index contributed by atoms with van der Waals surface area (Å²) in [5.74, 6) is 0.0410. The number of hydrogen-bond acceptors (Lipinski definition) is 5.